The zero-order valence-corrected chi connectivity index (χ0v) is 8.78. The number of aromatic nitrogens is 2. The maximum atomic E-state index is 11.9. The molecule has 2 amide bonds. The lowest BCUT2D eigenvalue weighted by atomic mass is 10.3. The summed E-state index contributed by atoms with van der Waals surface area (Å²) in [7, 11) is 0. The lowest BCUT2D eigenvalue weighted by Crippen LogP contribution is -2.50. The van der Waals surface area contributed by atoms with Gasteiger partial charge >= 0.3 is 5.69 Å². The maximum Gasteiger partial charge on any atom is 0.326 e. The molecule has 0 bridgehead atoms. The molecule has 90 valence electrons. The molecule has 3 N–H and O–H groups in total. The number of hydrogen-bond acceptors (Lipinski definition) is 4. The van der Waals surface area contributed by atoms with Crippen LogP contribution in [0.15, 0.2) is 15.7 Å². The molecule has 0 spiro atoms. The van der Waals surface area contributed by atoms with Crippen LogP contribution in [-0.4, -0.2) is 46.3 Å². The Labute approximate surface area is 94.6 Å². The zero-order chi connectivity index (χ0) is 12.4. The Bertz CT molecular complexity index is 545. The molecule has 1 saturated heterocycles. The number of aromatic amines is 2. The molecule has 8 heteroatoms. The lowest BCUT2D eigenvalue weighted by Gasteiger charge is -2.26. The van der Waals surface area contributed by atoms with Crippen LogP contribution < -0.4 is 16.6 Å². The monoisotopic (exact) mass is 238 g/mol. The third-order valence-corrected chi connectivity index (χ3v) is 2.32. The van der Waals surface area contributed by atoms with Gasteiger partial charge in [-0.2, -0.15) is 0 Å². The van der Waals surface area contributed by atoms with Gasteiger partial charge in [-0.15, -0.1) is 0 Å². The highest BCUT2D eigenvalue weighted by molar-refractivity contribution is 5.95. The molecule has 2 heterocycles. The molecule has 1 fully saturated rings. The Hall–Kier alpha value is -2.38. The van der Waals surface area contributed by atoms with E-state index in [1.54, 1.807) is 0 Å². The fourth-order valence-corrected chi connectivity index (χ4v) is 1.57. The van der Waals surface area contributed by atoms with E-state index < -0.39 is 17.2 Å². The van der Waals surface area contributed by atoms with E-state index in [0.29, 0.717) is 13.1 Å². The molecule has 8 nitrogen and oxygen atoms in total. The van der Waals surface area contributed by atoms with Crippen LogP contribution in [-0.2, 0) is 4.79 Å². The second-order valence-electron chi connectivity index (χ2n) is 3.58. The summed E-state index contributed by atoms with van der Waals surface area (Å²) in [6, 6.07) is 0.996. The Morgan fingerprint density at radius 3 is 2.65 bits per heavy atom. The van der Waals surface area contributed by atoms with E-state index in [0.717, 1.165) is 6.07 Å². The fraction of sp³-hybridized carbons (Fsp3) is 0.333. The number of piperazine rings is 1. The van der Waals surface area contributed by atoms with E-state index in [4.69, 9.17) is 0 Å². The highest BCUT2D eigenvalue weighted by atomic mass is 16.2. The largest absolute Gasteiger partial charge is 0.353 e. The van der Waals surface area contributed by atoms with Crippen molar-refractivity contribution in [3.8, 4) is 0 Å². The number of carbonyl (C=O) groups is 2. The maximum absolute atomic E-state index is 11.9. The van der Waals surface area contributed by atoms with Crippen molar-refractivity contribution in [2.45, 2.75) is 0 Å². The second-order valence-corrected chi connectivity index (χ2v) is 3.58. The average Bonchev–Trinajstić information content (AvgIpc) is 2.26. The third kappa shape index (κ3) is 2.41. The predicted octanol–water partition coefficient (Wildman–Crippen LogP) is -2.36. The minimum absolute atomic E-state index is 0.0757. The smallest absolute Gasteiger partial charge is 0.326 e. The molecule has 0 aliphatic carbocycles. The van der Waals surface area contributed by atoms with Crippen molar-refractivity contribution in [3.05, 3.63) is 32.6 Å². The number of hydrogen-bond donors (Lipinski definition) is 3. The molecule has 1 aliphatic rings. The Kier molecular flexibility index (Phi) is 2.77. The molecule has 17 heavy (non-hydrogen) atoms. The molecule has 0 aromatic carbocycles. The molecule has 1 aliphatic heterocycles. The molecule has 0 atom stereocenters. The first-order chi connectivity index (χ1) is 8.06. The topological polar surface area (TPSA) is 115 Å². The van der Waals surface area contributed by atoms with Crippen molar-refractivity contribution < 1.29 is 9.59 Å². The zero-order valence-electron chi connectivity index (χ0n) is 8.78. The van der Waals surface area contributed by atoms with Crippen LogP contribution in [0.2, 0.25) is 0 Å². The van der Waals surface area contributed by atoms with E-state index in [2.05, 4.69) is 10.3 Å². The van der Waals surface area contributed by atoms with Crippen molar-refractivity contribution in [1.29, 1.82) is 0 Å². The van der Waals surface area contributed by atoms with Crippen molar-refractivity contribution in [2.24, 2.45) is 0 Å². The summed E-state index contributed by atoms with van der Waals surface area (Å²) in [6.45, 7) is 0.630. The normalized spacial score (nSPS) is 15.5. The fourth-order valence-electron chi connectivity index (χ4n) is 1.57. The first kappa shape index (κ1) is 11.1. The van der Waals surface area contributed by atoms with Crippen LogP contribution >= 0.6 is 0 Å². The minimum Gasteiger partial charge on any atom is -0.353 e. The van der Waals surface area contributed by atoms with Gasteiger partial charge in [0.05, 0.1) is 6.54 Å². The number of nitrogens with one attached hydrogen (secondary N) is 3. The SMILES string of the molecule is O=C1CN(C(=O)c2cc(=O)[nH]c(=O)[nH]2)CCN1. The van der Waals surface area contributed by atoms with E-state index in [-0.39, 0.29) is 18.1 Å². The van der Waals surface area contributed by atoms with Crippen LogP contribution in [0.25, 0.3) is 0 Å². The van der Waals surface area contributed by atoms with Crippen molar-refractivity contribution in [2.75, 3.05) is 19.6 Å². The second kappa shape index (κ2) is 4.24. The highest BCUT2D eigenvalue weighted by Crippen LogP contribution is 2.00. The summed E-state index contributed by atoms with van der Waals surface area (Å²) in [5.41, 5.74) is -1.52. The highest BCUT2D eigenvalue weighted by Gasteiger charge is 2.23. The van der Waals surface area contributed by atoms with Crippen LogP contribution in [0.5, 0.6) is 0 Å². The van der Waals surface area contributed by atoms with Crippen LogP contribution in [0, 0.1) is 0 Å². The van der Waals surface area contributed by atoms with Gasteiger partial charge in [-0.1, -0.05) is 0 Å². The molecule has 1 aromatic heterocycles. The number of H-pyrrole nitrogens is 2. The average molecular weight is 238 g/mol. The van der Waals surface area contributed by atoms with Gasteiger partial charge in [-0.25, -0.2) is 4.79 Å². The van der Waals surface area contributed by atoms with Gasteiger partial charge in [0.1, 0.15) is 5.69 Å². The standard InChI is InChI=1S/C9H10N4O4/c14-6-3-5(11-9(17)12-6)8(16)13-2-1-10-7(15)4-13/h3H,1-2,4H2,(H,10,15)(H2,11,12,14,17). The van der Waals surface area contributed by atoms with Crippen LogP contribution in [0.1, 0.15) is 10.5 Å². The summed E-state index contributed by atoms with van der Waals surface area (Å²) in [5.74, 6) is -0.806. The van der Waals surface area contributed by atoms with Gasteiger partial charge in [0.15, 0.2) is 0 Å². The van der Waals surface area contributed by atoms with Gasteiger partial charge in [-0.3, -0.25) is 19.4 Å². The first-order valence-corrected chi connectivity index (χ1v) is 4.96. The van der Waals surface area contributed by atoms with Gasteiger partial charge in [0.25, 0.3) is 11.5 Å². The number of nitrogens with zero attached hydrogens (tertiary/aromatic N) is 1. The molecule has 1 aromatic rings. The molecular weight excluding hydrogens is 228 g/mol. The molecule has 0 unspecified atom stereocenters. The molecule has 0 radical (unpaired) electrons. The predicted molar refractivity (Wildman–Crippen MR) is 56.6 cm³/mol. The number of carbonyl (C=O) groups excluding carboxylic acids is 2. The lowest BCUT2D eigenvalue weighted by molar-refractivity contribution is -0.123. The summed E-state index contributed by atoms with van der Waals surface area (Å²) < 4.78 is 0. The first-order valence-electron chi connectivity index (χ1n) is 4.96. The number of amides is 2. The van der Waals surface area contributed by atoms with E-state index in [1.165, 1.54) is 4.90 Å². The van der Waals surface area contributed by atoms with Crippen molar-refractivity contribution in [1.82, 2.24) is 20.2 Å². The Morgan fingerprint density at radius 1 is 1.24 bits per heavy atom. The molecule has 0 saturated carbocycles. The summed E-state index contributed by atoms with van der Waals surface area (Å²) in [4.78, 5) is 50.5. The van der Waals surface area contributed by atoms with Crippen LogP contribution in [0.4, 0.5) is 0 Å². The van der Waals surface area contributed by atoms with E-state index >= 15 is 0 Å². The third-order valence-electron chi connectivity index (χ3n) is 2.32. The summed E-state index contributed by atoms with van der Waals surface area (Å²) in [5, 5.41) is 2.57. The Balaban J connectivity index is 2.27. The Morgan fingerprint density at radius 2 is 2.00 bits per heavy atom. The molecular formula is C9H10N4O4. The van der Waals surface area contributed by atoms with Gasteiger partial charge in [0, 0.05) is 19.2 Å². The van der Waals surface area contributed by atoms with Crippen LogP contribution in [0.3, 0.4) is 0 Å². The van der Waals surface area contributed by atoms with Gasteiger partial charge < -0.3 is 15.2 Å². The van der Waals surface area contributed by atoms with E-state index in [1.807, 2.05) is 4.98 Å². The van der Waals surface area contributed by atoms with Crippen molar-refractivity contribution in [3.63, 3.8) is 0 Å². The molecule has 2 rings (SSSR count). The van der Waals surface area contributed by atoms with Gasteiger partial charge in [-0.05, 0) is 0 Å². The van der Waals surface area contributed by atoms with Gasteiger partial charge in [0.2, 0.25) is 5.91 Å². The summed E-state index contributed by atoms with van der Waals surface area (Å²) in [6.07, 6.45) is 0. The summed E-state index contributed by atoms with van der Waals surface area (Å²) >= 11 is 0. The quantitative estimate of drug-likeness (QED) is 0.507. The van der Waals surface area contributed by atoms with Crippen molar-refractivity contribution >= 4 is 11.8 Å². The number of rotatable bonds is 1. The minimum atomic E-state index is -0.748. The van der Waals surface area contributed by atoms with E-state index in [9.17, 15) is 19.2 Å².